The quantitative estimate of drug-likeness (QED) is 0.368. The topological polar surface area (TPSA) is 0 Å². The predicted molar refractivity (Wildman–Crippen MR) is 38.3 cm³/mol. The molecule has 0 bridgehead atoms. The zero-order valence-electron chi connectivity index (χ0n) is 5.96. The van der Waals surface area contributed by atoms with Gasteiger partial charge in [0.2, 0.25) is 0 Å². The Morgan fingerprint density at radius 2 is 1.17 bits per heavy atom. The highest BCUT2D eigenvalue weighted by molar-refractivity contribution is 7.80. The molecule has 66 valence electrons. The van der Waals surface area contributed by atoms with Gasteiger partial charge in [-0.2, -0.15) is 0 Å². The molecular formula is C7H4F4S. The first-order valence-corrected chi connectivity index (χ1v) is 3.43. The molecule has 0 radical (unpaired) electrons. The number of halogens is 4. The summed E-state index contributed by atoms with van der Waals surface area (Å²) in [5, 5.41) is 0. The van der Waals surface area contributed by atoms with Crippen molar-refractivity contribution in [3.8, 4) is 0 Å². The Balaban J connectivity index is 3.60. The van der Waals surface area contributed by atoms with Gasteiger partial charge in [-0.05, 0) is 6.92 Å². The van der Waals surface area contributed by atoms with Crippen LogP contribution in [0.3, 0.4) is 0 Å². The Hall–Kier alpha value is -0.710. The zero-order valence-corrected chi connectivity index (χ0v) is 6.85. The average molecular weight is 196 g/mol. The molecule has 0 saturated carbocycles. The van der Waals surface area contributed by atoms with Crippen LogP contribution in [0.15, 0.2) is 4.90 Å². The average Bonchev–Trinajstić information content (AvgIpc) is 2.08. The fourth-order valence-electron chi connectivity index (χ4n) is 0.730. The van der Waals surface area contributed by atoms with E-state index in [0.29, 0.717) is 0 Å². The van der Waals surface area contributed by atoms with Crippen molar-refractivity contribution in [2.45, 2.75) is 11.8 Å². The molecule has 0 unspecified atom stereocenters. The SMILES string of the molecule is Cc1c(F)c(F)c(S)c(F)c1F. The molecule has 0 atom stereocenters. The summed E-state index contributed by atoms with van der Waals surface area (Å²) in [6.07, 6.45) is 0. The zero-order chi connectivity index (χ0) is 9.46. The van der Waals surface area contributed by atoms with Crippen molar-refractivity contribution in [2.75, 3.05) is 0 Å². The largest absolute Gasteiger partial charge is 0.203 e. The normalized spacial score (nSPS) is 10.5. The van der Waals surface area contributed by atoms with Gasteiger partial charge in [0.1, 0.15) is 0 Å². The van der Waals surface area contributed by atoms with E-state index in [0.717, 1.165) is 6.92 Å². The molecule has 0 aliphatic carbocycles. The minimum absolute atomic E-state index is 0.678. The Bertz CT molecular complexity index is 230. The monoisotopic (exact) mass is 196 g/mol. The van der Waals surface area contributed by atoms with Gasteiger partial charge in [-0.3, -0.25) is 0 Å². The number of hydrogen-bond acceptors (Lipinski definition) is 1. The first-order chi connectivity index (χ1) is 5.46. The van der Waals surface area contributed by atoms with E-state index in [-0.39, 0.29) is 0 Å². The van der Waals surface area contributed by atoms with Crippen LogP contribution in [0, 0.1) is 30.2 Å². The van der Waals surface area contributed by atoms with Crippen molar-refractivity contribution in [3.63, 3.8) is 0 Å². The molecule has 0 saturated heterocycles. The van der Waals surface area contributed by atoms with Gasteiger partial charge in [0.05, 0.1) is 4.90 Å². The van der Waals surface area contributed by atoms with Gasteiger partial charge >= 0.3 is 0 Å². The van der Waals surface area contributed by atoms with E-state index in [1.807, 2.05) is 0 Å². The summed E-state index contributed by atoms with van der Waals surface area (Å²) in [5.41, 5.74) is -0.678. The highest BCUT2D eigenvalue weighted by Crippen LogP contribution is 2.25. The summed E-state index contributed by atoms with van der Waals surface area (Å²) in [6.45, 7) is 0.948. The lowest BCUT2D eigenvalue weighted by molar-refractivity contribution is 0.419. The van der Waals surface area contributed by atoms with Crippen LogP contribution in [0.2, 0.25) is 0 Å². The summed E-state index contributed by atoms with van der Waals surface area (Å²) in [5.74, 6) is -5.73. The van der Waals surface area contributed by atoms with E-state index in [4.69, 9.17) is 0 Å². The predicted octanol–water partition coefficient (Wildman–Crippen LogP) is 2.84. The maximum absolute atomic E-state index is 12.6. The third-order valence-electron chi connectivity index (χ3n) is 1.46. The van der Waals surface area contributed by atoms with Crippen molar-refractivity contribution >= 4 is 12.6 Å². The van der Waals surface area contributed by atoms with Gasteiger partial charge in [0.25, 0.3) is 0 Å². The van der Waals surface area contributed by atoms with Crippen LogP contribution in [-0.2, 0) is 0 Å². The van der Waals surface area contributed by atoms with Gasteiger partial charge < -0.3 is 0 Å². The molecule has 0 heterocycles. The van der Waals surface area contributed by atoms with Crippen LogP contribution < -0.4 is 0 Å². The molecule has 1 aromatic rings. The maximum atomic E-state index is 12.6. The number of rotatable bonds is 0. The third-order valence-corrected chi connectivity index (χ3v) is 1.85. The Morgan fingerprint density at radius 3 is 1.50 bits per heavy atom. The third kappa shape index (κ3) is 1.18. The number of benzene rings is 1. The first kappa shape index (κ1) is 9.38. The molecule has 0 aliphatic rings. The number of thiol groups is 1. The Kier molecular flexibility index (Phi) is 2.32. The van der Waals surface area contributed by atoms with Crippen molar-refractivity contribution in [1.29, 1.82) is 0 Å². The lowest BCUT2D eigenvalue weighted by Crippen LogP contribution is -2.00. The molecule has 1 rings (SSSR count). The highest BCUT2D eigenvalue weighted by Gasteiger charge is 2.20. The van der Waals surface area contributed by atoms with Crippen LogP contribution in [0.5, 0.6) is 0 Å². The van der Waals surface area contributed by atoms with Gasteiger partial charge in [-0.25, -0.2) is 17.6 Å². The molecule has 5 heteroatoms. The standard InChI is InChI=1S/C7H4F4S/c1-2-3(8)5(10)7(12)6(11)4(2)9/h12H,1H3. The summed E-state index contributed by atoms with van der Waals surface area (Å²) < 4.78 is 50.4. The minimum Gasteiger partial charge on any atom is -0.203 e. The summed E-state index contributed by atoms with van der Waals surface area (Å²) in [4.78, 5) is -0.935. The lowest BCUT2D eigenvalue weighted by atomic mass is 10.2. The first-order valence-electron chi connectivity index (χ1n) is 2.98. The second-order valence-corrected chi connectivity index (χ2v) is 2.68. The molecule has 0 aromatic heterocycles. The lowest BCUT2D eigenvalue weighted by Gasteiger charge is -2.04. The molecule has 0 amide bonds. The maximum Gasteiger partial charge on any atom is 0.175 e. The van der Waals surface area contributed by atoms with Gasteiger partial charge in [0.15, 0.2) is 23.3 Å². The summed E-state index contributed by atoms with van der Waals surface area (Å²) in [6, 6.07) is 0. The second kappa shape index (κ2) is 2.97. The van der Waals surface area contributed by atoms with Gasteiger partial charge in [-0.1, -0.05) is 0 Å². The molecule has 1 aromatic carbocycles. The molecule has 0 fully saturated rings. The van der Waals surface area contributed by atoms with E-state index in [9.17, 15) is 17.6 Å². The van der Waals surface area contributed by atoms with Gasteiger partial charge in [-0.15, -0.1) is 12.6 Å². The van der Waals surface area contributed by atoms with Crippen LogP contribution in [0.4, 0.5) is 17.6 Å². The van der Waals surface area contributed by atoms with Crippen LogP contribution in [0.1, 0.15) is 5.56 Å². The van der Waals surface area contributed by atoms with Crippen LogP contribution in [-0.4, -0.2) is 0 Å². The van der Waals surface area contributed by atoms with Crippen molar-refractivity contribution in [2.24, 2.45) is 0 Å². The fourth-order valence-corrected chi connectivity index (χ4v) is 0.926. The molecule has 12 heavy (non-hydrogen) atoms. The van der Waals surface area contributed by atoms with Crippen molar-refractivity contribution < 1.29 is 17.6 Å². The highest BCUT2D eigenvalue weighted by atomic mass is 32.1. The minimum atomic E-state index is -1.46. The summed E-state index contributed by atoms with van der Waals surface area (Å²) >= 11 is 3.27. The van der Waals surface area contributed by atoms with Gasteiger partial charge in [0, 0.05) is 5.56 Å². The fraction of sp³-hybridized carbons (Fsp3) is 0.143. The van der Waals surface area contributed by atoms with E-state index in [2.05, 4.69) is 12.6 Å². The number of hydrogen-bond donors (Lipinski definition) is 1. The van der Waals surface area contributed by atoms with E-state index in [1.54, 1.807) is 0 Å². The molecule has 0 spiro atoms. The molecule has 0 aliphatic heterocycles. The van der Waals surface area contributed by atoms with Crippen LogP contribution >= 0.6 is 12.6 Å². The van der Waals surface area contributed by atoms with E-state index in [1.165, 1.54) is 0 Å². The van der Waals surface area contributed by atoms with Crippen LogP contribution in [0.25, 0.3) is 0 Å². The molecular weight excluding hydrogens is 192 g/mol. The summed E-state index contributed by atoms with van der Waals surface area (Å²) in [7, 11) is 0. The smallest absolute Gasteiger partial charge is 0.175 e. The second-order valence-electron chi connectivity index (χ2n) is 2.23. The van der Waals surface area contributed by atoms with E-state index >= 15 is 0 Å². The molecule has 0 N–H and O–H groups in total. The molecule has 0 nitrogen and oxygen atoms in total. The van der Waals surface area contributed by atoms with E-state index < -0.39 is 33.7 Å². The van der Waals surface area contributed by atoms with Crippen molar-refractivity contribution in [3.05, 3.63) is 28.8 Å². The Morgan fingerprint density at radius 1 is 0.833 bits per heavy atom. The Labute approximate surface area is 71.6 Å². The van der Waals surface area contributed by atoms with Crippen molar-refractivity contribution in [1.82, 2.24) is 0 Å².